The molecule has 0 heterocycles. The van der Waals surface area contributed by atoms with Gasteiger partial charge >= 0.3 is 11.9 Å². The second kappa shape index (κ2) is 9.18. The van der Waals surface area contributed by atoms with Crippen LogP contribution in [0.5, 0.6) is 11.5 Å². The highest BCUT2D eigenvalue weighted by Crippen LogP contribution is 2.30. The summed E-state index contributed by atoms with van der Waals surface area (Å²) in [5, 5.41) is 0. The number of hydrogen-bond donors (Lipinski definition) is 0. The van der Waals surface area contributed by atoms with Crippen LogP contribution in [0.1, 0.15) is 44.1 Å². The average Bonchev–Trinajstić information content (AvgIpc) is 3.16. The number of para-hydroxylation sites is 2. The Morgan fingerprint density at radius 2 is 1.38 bits per heavy atom. The molecule has 0 unspecified atom stereocenters. The van der Waals surface area contributed by atoms with Gasteiger partial charge in [0.2, 0.25) is 0 Å². The van der Waals surface area contributed by atoms with Crippen molar-refractivity contribution in [3.8, 4) is 11.5 Å². The third-order valence-electron chi connectivity index (χ3n) is 4.72. The van der Waals surface area contributed by atoms with Gasteiger partial charge in [-0.1, -0.05) is 68.1 Å². The lowest BCUT2D eigenvalue weighted by Crippen LogP contribution is -2.14. The molecule has 1 aliphatic rings. The maximum Gasteiger partial charge on any atom is 0.315 e. The van der Waals surface area contributed by atoms with Crippen LogP contribution in [0.15, 0.2) is 54.6 Å². The Morgan fingerprint density at radius 3 is 2.04 bits per heavy atom. The van der Waals surface area contributed by atoms with Gasteiger partial charge in [0, 0.05) is 6.42 Å². The highest BCUT2D eigenvalue weighted by atomic mass is 16.6. The molecule has 0 N–H and O–H groups in total. The summed E-state index contributed by atoms with van der Waals surface area (Å²) >= 11 is 0. The Morgan fingerprint density at radius 1 is 0.808 bits per heavy atom. The fourth-order valence-electron chi connectivity index (χ4n) is 3.33. The lowest BCUT2D eigenvalue weighted by Gasteiger charge is -2.11. The number of rotatable bonds is 7. The van der Waals surface area contributed by atoms with Gasteiger partial charge in [-0.05, 0) is 30.0 Å². The molecule has 0 radical (unpaired) electrons. The first-order valence-corrected chi connectivity index (χ1v) is 9.25. The SMILES string of the molecule is O=C(CCC1CCCC1)Oc1ccccc1OC(=O)Cc1ccccc1. The van der Waals surface area contributed by atoms with Crippen LogP contribution in [0.3, 0.4) is 0 Å². The van der Waals surface area contributed by atoms with Crippen LogP contribution < -0.4 is 9.47 Å². The van der Waals surface area contributed by atoms with Gasteiger partial charge < -0.3 is 9.47 Å². The normalized spacial score (nSPS) is 14.2. The number of hydrogen-bond acceptors (Lipinski definition) is 4. The summed E-state index contributed by atoms with van der Waals surface area (Å²) in [5.74, 6) is 0.559. The van der Waals surface area contributed by atoms with E-state index in [-0.39, 0.29) is 24.1 Å². The van der Waals surface area contributed by atoms with Crippen molar-refractivity contribution in [3.63, 3.8) is 0 Å². The Labute approximate surface area is 154 Å². The van der Waals surface area contributed by atoms with E-state index in [4.69, 9.17) is 9.47 Å². The van der Waals surface area contributed by atoms with Crippen molar-refractivity contribution in [2.75, 3.05) is 0 Å². The Hall–Kier alpha value is -2.62. The highest BCUT2D eigenvalue weighted by Gasteiger charge is 2.18. The lowest BCUT2D eigenvalue weighted by molar-refractivity contribution is -0.137. The van der Waals surface area contributed by atoms with Crippen molar-refractivity contribution < 1.29 is 19.1 Å². The molecule has 136 valence electrons. The smallest absolute Gasteiger partial charge is 0.315 e. The van der Waals surface area contributed by atoms with Crippen molar-refractivity contribution in [3.05, 3.63) is 60.2 Å². The van der Waals surface area contributed by atoms with Crippen LogP contribution in [0, 0.1) is 5.92 Å². The van der Waals surface area contributed by atoms with E-state index in [1.165, 1.54) is 25.7 Å². The van der Waals surface area contributed by atoms with E-state index in [2.05, 4.69) is 0 Å². The van der Waals surface area contributed by atoms with Gasteiger partial charge in [0.25, 0.3) is 0 Å². The van der Waals surface area contributed by atoms with Crippen LogP contribution >= 0.6 is 0 Å². The van der Waals surface area contributed by atoms with Crippen molar-refractivity contribution in [2.45, 2.75) is 44.9 Å². The minimum Gasteiger partial charge on any atom is -0.423 e. The van der Waals surface area contributed by atoms with Gasteiger partial charge in [-0.15, -0.1) is 0 Å². The van der Waals surface area contributed by atoms with Crippen LogP contribution in [0.4, 0.5) is 0 Å². The molecule has 0 bridgehead atoms. The molecule has 2 aromatic rings. The first kappa shape index (κ1) is 18.2. The van der Waals surface area contributed by atoms with Crippen LogP contribution in [0.25, 0.3) is 0 Å². The molecule has 0 aromatic heterocycles. The summed E-state index contributed by atoms with van der Waals surface area (Å²) < 4.78 is 10.9. The monoisotopic (exact) mass is 352 g/mol. The third-order valence-corrected chi connectivity index (χ3v) is 4.72. The number of carbonyl (C=O) groups is 2. The summed E-state index contributed by atoms with van der Waals surface area (Å²) in [7, 11) is 0. The Balaban J connectivity index is 1.55. The molecular formula is C22H24O4. The molecule has 4 heteroatoms. The van der Waals surface area contributed by atoms with E-state index in [1.807, 2.05) is 30.3 Å². The second-order valence-corrected chi connectivity index (χ2v) is 6.75. The van der Waals surface area contributed by atoms with Gasteiger partial charge in [-0.2, -0.15) is 0 Å². The Bertz CT molecular complexity index is 733. The summed E-state index contributed by atoms with van der Waals surface area (Å²) in [6, 6.07) is 16.2. The number of benzene rings is 2. The van der Waals surface area contributed by atoms with Crippen molar-refractivity contribution in [2.24, 2.45) is 5.92 Å². The first-order valence-electron chi connectivity index (χ1n) is 9.25. The number of esters is 2. The number of ether oxygens (including phenoxy) is 2. The van der Waals surface area contributed by atoms with Gasteiger partial charge in [-0.3, -0.25) is 9.59 Å². The van der Waals surface area contributed by atoms with Gasteiger partial charge in [0.05, 0.1) is 6.42 Å². The zero-order valence-corrected chi connectivity index (χ0v) is 14.9. The van der Waals surface area contributed by atoms with Crippen LogP contribution in [-0.4, -0.2) is 11.9 Å². The van der Waals surface area contributed by atoms with E-state index >= 15 is 0 Å². The molecule has 4 nitrogen and oxygen atoms in total. The van der Waals surface area contributed by atoms with Crippen LogP contribution in [0.2, 0.25) is 0 Å². The van der Waals surface area contributed by atoms with E-state index in [0.717, 1.165) is 12.0 Å². The lowest BCUT2D eigenvalue weighted by atomic mass is 10.0. The molecule has 0 atom stereocenters. The van der Waals surface area contributed by atoms with Crippen LogP contribution in [-0.2, 0) is 16.0 Å². The first-order chi connectivity index (χ1) is 12.7. The molecule has 1 saturated carbocycles. The second-order valence-electron chi connectivity index (χ2n) is 6.75. The fraction of sp³-hybridized carbons (Fsp3) is 0.364. The Kier molecular flexibility index (Phi) is 6.42. The third kappa shape index (κ3) is 5.45. The molecule has 1 fully saturated rings. The molecule has 0 amide bonds. The highest BCUT2D eigenvalue weighted by molar-refractivity contribution is 5.77. The maximum absolute atomic E-state index is 12.2. The topological polar surface area (TPSA) is 52.6 Å². The standard InChI is InChI=1S/C22H24O4/c23-21(15-14-17-8-4-5-9-17)25-19-12-6-7-13-20(19)26-22(24)16-18-10-2-1-3-11-18/h1-3,6-7,10-13,17H,4-5,8-9,14-16H2. The molecule has 26 heavy (non-hydrogen) atoms. The van der Waals surface area contributed by atoms with Gasteiger partial charge in [0.1, 0.15) is 0 Å². The largest absolute Gasteiger partial charge is 0.423 e. The van der Waals surface area contributed by atoms with E-state index < -0.39 is 0 Å². The van der Waals surface area contributed by atoms with E-state index in [0.29, 0.717) is 18.1 Å². The zero-order chi connectivity index (χ0) is 18.2. The number of carbonyl (C=O) groups excluding carboxylic acids is 2. The van der Waals surface area contributed by atoms with E-state index in [1.54, 1.807) is 24.3 Å². The molecule has 0 aliphatic heterocycles. The molecule has 1 aliphatic carbocycles. The van der Waals surface area contributed by atoms with Crippen molar-refractivity contribution in [1.82, 2.24) is 0 Å². The van der Waals surface area contributed by atoms with Crippen molar-refractivity contribution >= 4 is 11.9 Å². The average molecular weight is 352 g/mol. The maximum atomic E-state index is 12.2. The molecule has 3 rings (SSSR count). The predicted molar refractivity (Wildman–Crippen MR) is 99.1 cm³/mol. The minimum atomic E-state index is -0.384. The van der Waals surface area contributed by atoms with Gasteiger partial charge in [-0.25, -0.2) is 0 Å². The van der Waals surface area contributed by atoms with E-state index in [9.17, 15) is 9.59 Å². The molecule has 0 saturated heterocycles. The molecule has 2 aromatic carbocycles. The molecular weight excluding hydrogens is 328 g/mol. The quantitative estimate of drug-likeness (QED) is 0.535. The minimum absolute atomic E-state index is 0.171. The van der Waals surface area contributed by atoms with Gasteiger partial charge in [0.15, 0.2) is 11.5 Å². The summed E-state index contributed by atoms with van der Waals surface area (Å²) in [5.41, 5.74) is 0.878. The molecule has 0 spiro atoms. The predicted octanol–water partition coefficient (Wildman–Crippen LogP) is 4.71. The summed E-state index contributed by atoms with van der Waals surface area (Å²) in [6.45, 7) is 0. The fourth-order valence-corrected chi connectivity index (χ4v) is 3.33. The zero-order valence-electron chi connectivity index (χ0n) is 14.9. The summed E-state index contributed by atoms with van der Waals surface area (Å²) in [6.07, 6.45) is 6.39. The summed E-state index contributed by atoms with van der Waals surface area (Å²) in [4.78, 5) is 24.3. The van der Waals surface area contributed by atoms with Crippen molar-refractivity contribution in [1.29, 1.82) is 0 Å².